The summed E-state index contributed by atoms with van der Waals surface area (Å²) in [7, 11) is 0. The van der Waals surface area contributed by atoms with Crippen LogP contribution in [0.1, 0.15) is 11.6 Å². The molecule has 242 valence electrons. The Labute approximate surface area is 265 Å². The third-order valence-corrected chi connectivity index (χ3v) is 12.0. The van der Waals surface area contributed by atoms with Gasteiger partial charge in [-0.2, -0.15) is 4.98 Å². The van der Waals surface area contributed by atoms with Gasteiger partial charge in [-0.15, -0.1) is 11.8 Å². The molecule has 3 fully saturated rings. The van der Waals surface area contributed by atoms with E-state index in [1.807, 2.05) is 0 Å². The zero-order valence-electron chi connectivity index (χ0n) is 22.5. The van der Waals surface area contributed by atoms with E-state index < -0.39 is 73.0 Å². The minimum absolute atomic E-state index is 0.0330. The lowest BCUT2D eigenvalue weighted by Crippen LogP contribution is -2.35. The van der Waals surface area contributed by atoms with Gasteiger partial charge in [-0.3, -0.25) is 28.0 Å². The number of halogens is 1. The largest absolute Gasteiger partial charge is 0.397 e. The van der Waals surface area contributed by atoms with Crippen molar-refractivity contribution in [2.24, 2.45) is 0 Å². The van der Waals surface area contributed by atoms with Crippen molar-refractivity contribution in [3.8, 4) is 0 Å². The first-order valence-corrected chi connectivity index (χ1v) is 19.2. The summed E-state index contributed by atoms with van der Waals surface area (Å²) in [4.78, 5) is 53.5. The SMILES string of the molecule is Nc1nc2c(ncn2[C@@H]2S[C@@H]3COP(O)(=S)O[C@H]4[C@H](F)[C@H](n5cnc6c(N)ccnc65)O[C@@H]4COP(O)(=S)OC2[C@@H]3O)c(=O)[nH]1. The topological polar surface area (TPSA) is 253 Å². The monoisotopic (exact) mass is 723 g/mol. The van der Waals surface area contributed by atoms with Crippen molar-refractivity contribution < 1.29 is 42.1 Å². The molecule has 0 spiro atoms. The van der Waals surface area contributed by atoms with Gasteiger partial charge in [0.2, 0.25) is 5.95 Å². The van der Waals surface area contributed by atoms with Crippen molar-refractivity contribution in [1.82, 2.24) is 34.1 Å². The summed E-state index contributed by atoms with van der Waals surface area (Å²) in [5, 5.41) is 9.50. The van der Waals surface area contributed by atoms with Crippen LogP contribution in [0.4, 0.5) is 16.0 Å². The van der Waals surface area contributed by atoms with Crippen molar-refractivity contribution in [3.05, 3.63) is 35.3 Å². The van der Waals surface area contributed by atoms with Crippen molar-refractivity contribution in [2.75, 3.05) is 24.7 Å². The number of alkyl halides is 1. The van der Waals surface area contributed by atoms with Crippen molar-refractivity contribution >= 4 is 82.8 Å². The predicted octanol–water partition coefficient (Wildman–Crippen LogP) is 0.190. The predicted molar refractivity (Wildman–Crippen MR) is 164 cm³/mol. The van der Waals surface area contributed by atoms with Crippen LogP contribution in [0, 0.1) is 0 Å². The van der Waals surface area contributed by atoms with Gasteiger partial charge < -0.3 is 40.1 Å². The van der Waals surface area contributed by atoms with Gasteiger partial charge >= 0.3 is 13.4 Å². The molecule has 3 saturated heterocycles. The summed E-state index contributed by atoms with van der Waals surface area (Å²) in [6.45, 7) is -9.34. The highest BCUT2D eigenvalue weighted by Crippen LogP contribution is 2.57. The maximum Gasteiger partial charge on any atom is 0.325 e. The van der Waals surface area contributed by atoms with Gasteiger partial charge in [0.1, 0.15) is 29.2 Å². The van der Waals surface area contributed by atoms with E-state index in [0.29, 0.717) is 11.2 Å². The molecule has 2 bridgehead atoms. The molecule has 0 saturated carbocycles. The standard InChI is InChI=1S/C21H24FN9O9P2S3/c22-10-14-8(38-19(10)30-5-26-11-7(23)1-2-25-16(11)30)3-36-41(34,43)40-15-13(32)9(4-37-42(35,44)39-14)45-20(15)31-6-27-12-17(31)28-21(24)29-18(12)33/h1-2,5-6,8-10,13-15,19-20,32H,3-4H2,(H2,23,25)(H,34,43)(H,35,44)(H3,24,28,29,33)/t8-,9-,10+,13-,14-,15?,19-,20-,41?,42?/m1/s1. The lowest BCUT2D eigenvalue weighted by atomic mass is 10.1. The highest BCUT2D eigenvalue weighted by atomic mass is 32.5. The van der Waals surface area contributed by atoms with E-state index in [0.717, 1.165) is 11.8 Å². The van der Waals surface area contributed by atoms with Crippen LogP contribution in [0.25, 0.3) is 22.3 Å². The molecule has 0 aromatic carbocycles. The van der Waals surface area contributed by atoms with Gasteiger partial charge in [-0.25, -0.2) is 19.3 Å². The fourth-order valence-corrected chi connectivity index (χ4v) is 9.88. The third kappa shape index (κ3) is 5.71. The Bertz CT molecular complexity index is 1950. The number of thioether (sulfide) groups is 1. The number of aromatic amines is 1. The maximum absolute atomic E-state index is 16.1. The van der Waals surface area contributed by atoms with E-state index >= 15 is 4.39 Å². The molecular formula is C21H24FN9O9P2S3. The second-order valence-corrected chi connectivity index (χ2v) is 17.2. The number of pyridine rings is 1. The Morgan fingerprint density at radius 2 is 1.71 bits per heavy atom. The molecule has 3 aliphatic heterocycles. The summed E-state index contributed by atoms with van der Waals surface area (Å²) in [5.41, 5.74) is 12.0. The normalized spacial score (nSPS) is 37.7. The van der Waals surface area contributed by atoms with E-state index in [1.165, 1.54) is 34.1 Å². The number of rotatable bonds is 2. The number of H-pyrrole nitrogens is 1. The summed E-state index contributed by atoms with van der Waals surface area (Å²) >= 11 is 11.6. The zero-order chi connectivity index (χ0) is 31.8. The lowest BCUT2D eigenvalue weighted by Gasteiger charge is -2.28. The molecule has 3 unspecified atom stereocenters. The van der Waals surface area contributed by atoms with Crippen LogP contribution in [0.3, 0.4) is 0 Å². The van der Waals surface area contributed by atoms with Crippen molar-refractivity contribution in [2.45, 2.75) is 47.4 Å². The van der Waals surface area contributed by atoms with Gasteiger partial charge in [0.25, 0.3) is 5.56 Å². The van der Waals surface area contributed by atoms with Gasteiger partial charge in [0.15, 0.2) is 29.2 Å². The first-order chi connectivity index (χ1) is 21.3. The van der Waals surface area contributed by atoms with Crippen LogP contribution in [-0.4, -0.2) is 98.0 Å². The number of hydrogen-bond acceptors (Lipinski definition) is 16. The number of nitrogens with one attached hydrogen (secondary N) is 1. The Morgan fingerprint density at radius 1 is 1.02 bits per heavy atom. The van der Waals surface area contributed by atoms with Crippen LogP contribution >= 0.6 is 25.2 Å². The van der Waals surface area contributed by atoms with Crippen molar-refractivity contribution in [3.63, 3.8) is 0 Å². The Balaban J connectivity index is 1.21. The van der Waals surface area contributed by atoms with Crippen LogP contribution < -0.4 is 17.0 Å². The van der Waals surface area contributed by atoms with E-state index in [4.69, 9.17) is 57.9 Å². The van der Waals surface area contributed by atoms with Crippen molar-refractivity contribution in [1.29, 1.82) is 0 Å². The van der Waals surface area contributed by atoms with Gasteiger partial charge in [-0.05, 0) is 29.7 Å². The molecule has 7 heterocycles. The number of aliphatic hydroxyl groups is 1. The first kappa shape index (κ1) is 31.4. The highest BCUT2D eigenvalue weighted by molar-refractivity contribution is 8.07. The Morgan fingerprint density at radius 3 is 2.49 bits per heavy atom. The summed E-state index contributed by atoms with van der Waals surface area (Å²) in [5.74, 6) is -0.176. The summed E-state index contributed by atoms with van der Waals surface area (Å²) in [6.07, 6.45) is -4.81. The first-order valence-electron chi connectivity index (χ1n) is 13.1. The van der Waals surface area contributed by atoms with E-state index in [9.17, 15) is 19.7 Å². The number of ether oxygens (including phenoxy) is 1. The molecule has 4 aromatic rings. The number of anilines is 2. The molecule has 8 N–H and O–H groups in total. The number of hydrogen-bond donors (Lipinski definition) is 6. The number of fused-ring (bicyclic) bond motifs is 5. The second kappa shape index (κ2) is 11.5. The zero-order valence-corrected chi connectivity index (χ0v) is 26.7. The maximum atomic E-state index is 16.1. The summed E-state index contributed by atoms with van der Waals surface area (Å²) < 4.78 is 47.3. The molecule has 0 radical (unpaired) electrons. The van der Waals surface area contributed by atoms with Gasteiger partial charge in [0, 0.05) is 6.20 Å². The average Bonchev–Trinajstić information content (AvgIpc) is 3.72. The van der Waals surface area contributed by atoms with Gasteiger partial charge in [0.05, 0.1) is 42.9 Å². The number of nitrogens with zero attached hydrogens (tertiary/aromatic N) is 6. The van der Waals surface area contributed by atoms with E-state index in [1.54, 1.807) is 0 Å². The molecular weight excluding hydrogens is 699 g/mol. The molecule has 4 aromatic heterocycles. The number of nitrogens with two attached hydrogens (primary N) is 2. The molecule has 0 aliphatic carbocycles. The molecule has 3 aliphatic rings. The molecule has 10 atom stereocenters. The minimum atomic E-state index is -4.19. The molecule has 18 nitrogen and oxygen atoms in total. The fourth-order valence-electron chi connectivity index (χ4n) is 5.34. The highest BCUT2D eigenvalue weighted by Gasteiger charge is 2.53. The lowest BCUT2D eigenvalue weighted by molar-refractivity contribution is -0.0451. The molecule has 24 heteroatoms. The quantitative estimate of drug-likeness (QED) is 0.151. The number of nitrogen functional groups attached to an aromatic ring is 2. The van der Waals surface area contributed by atoms with Crippen LogP contribution in [0.5, 0.6) is 0 Å². The van der Waals surface area contributed by atoms with Gasteiger partial charge in [-0.1, -0.05) is 0 Å². The number of imidazole rings is 2. The second-order valence-electron chi connectivity index (χ2n) is 10.2. The number of aliphatic hydroxyl groups excluding tert-OH is 1. The van der Waals surface area contributed by atoms with E-state index in [-0.39, 0.29) is 29.4 Å². The average molecular weight is 724 g/mol. The smallest absolute Gasteiger partial charge is 0.325 e. The van der Waals surface area contributed by atoms with Crippen LogP contribution in [0.15, 0.2) is 29.7 Å². The van der Waals surface area contributed by atoms with E-state index in [2.05, 4.69) is 24.9 Å². The molecule has 7 rings (SSSR count). The van der Waals surface area contributed by atoms with Crippen LogP contribution in [-0.2, 0) is 46.4 Å². The van der Waals surface area contributed by atoms with Crippen LogP contribution in [0.2, 0.25) is 0 Å². The molecule has 0 amide bonds. The summed E-state index contributed by atoms with van der Waals surface area (Å²) in [6, 6.07) is 1.54. The Kier molecular flexibility index (Phi) is 8.04. The Hall–Kier alpha value is -2.17. The third-order valence-electron chi connectivity index (χ3n) is 7.38. The fraction of sp³-hybridized carbons (Fsp3) is 0.476. The number of aromatic nitrogens is 7. The minimum Gasteiger partial charge on any atom is -0.397 e. The molecule has 45 heavy (non-hydrogen) atoms.